The molecule has 0 aliphatic heterocycles. The van der Waals surface area contributed by atoms with Gasteiger partial charge in [-0.3, -0.25) is 0 Å². The Bertz CT molecular complexity index is 432. The van der Waals surface area contributed by atoms with Crippen molar-refractivity contribution in [1.29, 1.82) is 0 Å². The van der Waals surface area contributed by atoms with Crippen LogP contribution in [0.4, 0.5) is 11.4 Å². The molecule has 2 aromatic rings. The van der Waals surface area contributed by atoms with Gasteiger partial charge >= 0.3 is 0 Å². The van der Waals surface area contributed by atoms with Crippen LogP contribution in [0.5, 0.6) is 0 Å². The van der Waals surface area contributed by atoms with Gasteiger partial charge in [-0.25, -0.2) is 0 Å². The number of nitrogens with two attached hydrogens (primary N) is 2. The van der Waals surface area contributed by atoms with Crippen molar-refractivity contribution in [1.82, 2.24) is 0 Å². The van der Waals surface area contributed by atoms with Crippen LogP contribution in [0, 0.1) is 6.07 Å². The van der Waals surface area contributed by atoms with E-state index in [1.54, 1.807) is 6.07 Å². The summed E-state index contributed by atoms with van der Waals surface area (Å²) < 4.78 is 0. The maximum Gasteiger partial charge on any atom is 0.0474 e. The number of hydrogen-bond donors (Lipinski definition) is 2. The van der Waals surface area contributed by atoms with Crippen molar-refractivity contribution >= 4 is 11.4 Å². The fourth-order valence-electron chi connectivity index (χ4n) is 1.36. The van der Waals surface area contributed by atoms with Crippen LogP contribution in [0.3, 0.4) is 0 Å². The summed E-state index contributed by atoms with van der Waals surface area (Å²) in [5, 5.41) is 0. The molecule has 2 rings (SSSR count). The first kappa shape index (κ1) is 8.63. The first-order valence-corrected chi connectivity index (χ1v) is 4.39. The molecule has 0 aliphatic rings. The van der Waals surface area contributed by atoms with E-state index in [2.05, 4.69) is 6.07 Å². The standard InChI is InChI=1S/C12H11N2/c13-10-7-5-9(6-8-10)11-3-1-2-4-12(11)14/h1-3,5-8H,13-14H2. The molecule has 2 aromatic carbocycles. The van der Waals surface area contributed by atoms with Crippen LogP contribution in [0.25, 0.3) is 11.1 Å². The van der Waals surface area contributed by atoms with Gasteiger partial charge < -0.3 is 11.5 Å². The fraction of sp³-hybridized carbons (Fsp3) is 0. The lowest BCUT2D eigenvalue weighted by Crippen LogP contribution is -1.90. The predicted octanol–water partition coefficient (Wildman–Crippen LogP) is 2.32. The largest absolute Gasteiger partial charge is 0.399 e. The SMILES string of the molecule is Nc1ccc(-c2ccc[c]c2N)cc1. The van der Waals surface area contributed by atoms with Gasteiger partial charge in [0.25, 0.3) is 0 Å². The van der Waals surface area contributed by atoms with Gasteiger partial charge in [0.05, 0.1) is 0 Å². The summed E-state index contributed by atoms with van der Waals surface area (Å²) in [7, 11) is 0. The molecule has 0 saturated carbocycles. The smallest absolute Gasteiger partial charge is 0.0474 e. The third kappa shape index (κ3) is 1.55. The Morgan fingerprint density at radius 1 is 0.929 bits per heavy atom. The third-order valence-corrected chi connectivity index (χ3v) is 2.11. The molecule has 0 spiro atoms. The van der Waals surface area contributed by atoms with Gasteiger partial charge in [0.2, 0.25) is 0 Å². The minimum atomic E-state index is 0.664. The Morgan fingerprint density at radius 2 is 1.64 bits per heavy atom. The van der Waals surface area contributed by atoms with Crippen LogP contribution in [-0.4, -0.2) is 0 Å². The van der Waals surface area contributed by atoms with Crippen LogP contribution in [0.1, 0.15) is 0 Å². The third-order valence-electron chi connectivity index (χ3n) is 2.11. The van der Waals surface area contributed by atoms with Gasteiger partial charge in [-0.15, -0.1) is 0 Å². The van der Waals surface area contributed by atoms with E-state index >= 15 is 0 Å². The van der Waals surface area contributed by atoms with E-state index in [9.17, 15) is 0 Å². The maximum absolute atomic E-state index is 5.80. The number of rotatable bonds is 1. The second-order valence-corrected chi connectivity index (χ2v) is 3.12. The van der Waals surface area contributed by atoms with Gasteiger partial charge in [0.15, 0.2) is 0 Å². The average molecular weight is 183 g/mol. The fourth-order valence-corrected chi connectivity index (χ4v) is 1.36. The lowest BCUT2D eigenvalue weighted by atomic mass is 10.0. The van der Waals surface area contributed by atoms with Crippen LogP contribution < -0.4 is 11.5 Å². The lowest BCUT2D eigenvalue weighted by Gasteiger charge is -2.04. The minimum absolute atomic E-state index is 0.664. The zero-order valence-electron chi connectivity index (χ0n) is 7.70. The molecule has 2 nitrogen and oxygen atoms in total. The van der Waals surface area contributed by atoms with Crippen molar-refractivity contribution in [2.45, 2.75) is 0 Å². The Kier molecular flexibility index (Phi) is 2.11. The van der Waals surface area contributed by atoms with Crippen LogP contribution in [0.15, 0.2) is 42.5 Å². The van der Waals surface area contributed by atoms with Crippen LogP contribution in [-0.2, 0) is 0 Å². The van der Waals surface area contributed by atoms with Crippen molar-refractivity contribution in [2.24, 2.45) is 0 Å². The molecule has 0 heterocycles. The highest BCUT2D eigenvalue weighted by Crippen LogP contribution is 2.25. The molecule has 2 heteroatoms. The first-order valence-electron chi connectivity index (χ1n) is 4.39. The molecule has 0 fully saturated rings. The molecule has 0 bridgehead atoms. The number of hydrogen-bond acceptors (Lipinski definition) is 2. The number of benzene rings is 2. The zero-order chi connectivity index (χ0) is 9.97. The second kappa shape index (κ2) is 3.42. The average Bonchev–Trinajstić information content (AvgIpc) is 2.20. The Morgan fingerprint density at radius 3 is 2.29 bits per heavy atom. The zero-order valence-corrected chi connectivity index (χ0v) is 7.70. The molecule has 69 valence electrons. The summed E-state index contributed by atoms with van der Waals surface area (Å²) >= 11 is 0. The van der Waals surface area contributed by atoms with E-state index in [1.165, 1.54) is 0 Å². The van der Waals surface area contributed by atoms with E-state index in [0.29, 0.717) is 5.69 Å². The highest BCUT2D eigenvalue weighted by Gasteiger charge is 2.00. The highest BCUT2D eigenvalue weighted by molar-refractivity contribution is 5.76. The molecule has 0 saturated heterocycles. The summed E-state index contributed by atoms with van der Waals surface area (Å²) in [6.07, 6.45) is 0. The molecule has 1 radical (unpaired) electrons. The minimum Gasteiger partial charge on any atom is -0.399 e. The molecule has 0 atom stereocenters. The van der Waals surface area contributed by atoms with Gasteiger partial charge in [-0.2, -0.15) is 0 Å². The topological polar surface area (TPSA) is 52.0 Å². The van der Waals surface area contributed by atoms with Gasteiger partial charge in [-0.1, -0.05) is 30.3 Å². The van der Waals surface area contributed by atoms with Crippen LogP contribution in [0.2, 0.25) is 0 Å². The van der Waals surface area contributed by atoms with Gasteiger partial charge in [0.1, 0.15) is 0 Å². The number of nitrogen functional groups attached to an aromatic ring is 2. The van der Waals surface area contributed by atoms with Crippen molar-refractivity contribution in [3.05, 3.63) is 48.5 Å². The summed E-state index contributed by atoms with van der Waals surface area (Å²) in [6.45, 7) is 0. The predicted molar refractivity (Wildman–Crippen MR) is 59.5 cm³/mol. The van der Waals surface area contributed by atoms with E-state index in [4.69, 9.17) is 11.5 Å². The van der Waals surface area contributed by atoms with Crippen LogP contribution >= 0.6 is 0 Å². The summed E-state index contributed by atoms with van der Waals surface area (Å²) in [5.74, 6) is 0. The van der Waals surface area contributed by atoms with E-state index < -0.39 is 0 Å². The Hall–Kier alpha value is -1.96. The quantitative estimate of drug-likeness (QED) is 0.666. The van der Waals surface area contributed by atoms with Crippen molar-refractivity contribution in [3.8, 4) is 11.1 Å². The van der Waals surface area contributed by atoms with Gasteiger partial charge in [0, 0.05) is 23.0 Å². The lowest BCUT2D eigenvalue weighted by molar-refractivity contribution is 1.60. The van der Waals surface area contributed by atoms with Crippen molar-refractivity contribution < 1.29 is 0 Å². The normalized spacial score (nSPS) is 10.0. The summed E-state index contributed by atoms with van der Waals surface area (Å²) in [5.41, 5.74) is 14.9. The molecule has 4 N–H and O–H groups in total. The van der Waals surface area contributed by atoms with E-state index in [0.717, 1.165) is 16.8 Å². The van der Waals surface area contributed by atoms with E-state index in [1.807, 2.05) is 36.4 Å². The summed E-state index contributed by atoms with van der Waals surface area (Å²) in [6, 6.07) is 16.3. The molecule has 0 aromatic heterocycles. The number of para-hydroxylation sites is 1. The molecule has 14 heavy (non-hydrogen) atoms. The first-order chi connectivity index (χ1) is 6.77. The molecular weight excluding hydrogens is 172 g/mol. The monoisotopic (exact) mass is 183 g/mol. The molecule has 0 amide bonds. The molecule has 0 unspecified atom stereocenters. The maximum atomic E-state index is 5.80. The molecule has 0 aliphatic carbocycles. The van der Waals surface area contributed by atoms with E-state index in [-0.39, 0.29) is 0 Å². The van der Waals surface area contributed by atoms with Crippen molar-refractivity contribution in [2.75, 3.05) is 11.5 Å². The van der Waals surface area contributed by atoms with Gasteiger partial charge in [-0.05, 0) is 17.7 Å². The highest BCUT2D eigenvalue weighted by atomic mass is 14.6. The second-order valence-electron chi connectivity index (χ2n) is 3.12. The Labute approximate surface area is 83.2 Å². The Balaban J connectivity index is 2.50. The molecular formula is C12H11N2. The summed E-state index contributed by atoms with van der Waals surface area (Å²) in [4.78, 5) is 0. The number of anilines is 2. The van der Waals surface area contributed by atoms with Crippen molar-refractivity contribution in [3.63, 3.8) is 0 Å².